The molecule has 1 amide bonds. The summed E-state index contributed by atoms with van der Waals surface area (Å²) in [5.74, 6) is -0.355. The number of fused-ring (bicyclic) bond motifs is 1. The minimum atomic E-state index is -0.791. The zero-order chi connectivity index (χ0) is 14.8. The number of carboxylic acids is 1. The van der Waals surface area contributed by atoms with Crippen LogP contribution < -0.4 is 14.8 Å². The highest BCUT2D eigenvalue weighted by atomic mass is 16.6. The summed E-state index contributed by atoms with van der Waals surface area (Å²) in [5.41, 5.74) is 0.436. The van der Waals surface area contributed by atoms with Crippen LogP contribution in [0.2, 0.25) is 0 Å². The van der Waals surface area contributed by atoms with Crippen LogP contribution in [0.3, 0.4) is 0 Å². The van der Waals surface area contributed by atoms with Crippen LogP contribution in [0.5, 0.6) is 11.5 Å². The van der Waals surface area contributed by atoms with Crippen molar-refractivity contribution in [3.05, 3.63) is 23.8 Å². The molecule has 1 aromatic rings. The van der Waals surface area contributed by atoms with Crippen molar-refractivity contribution >= 4 is 11.9 Å². The minimum Gasteiger partial charge on any atom is -0.486 e. The van der Waals surface area contributed by atoms with Crippen LogP contribution in [0.15, 0.2) is 18.2 Å². The molecule has 2 atom stereocenters. The van der Waals surface area contributed by atoms with E-state index in [0.29, 0.717) is 49.5 Å². The maximum absolute atomic E-state index is 12.4. The fourth-order valence-electron chi connectivity index (χ4n) is 2.85. The molecule has 1 fully saturated rings. The standard InChI is InChI=1S/C15H17NO5/c17-14(16-10-5-4-9(8-10)15(18)19)11-2-1-3-12-13(11)21-7-6-20-12/h1-3,9-10H,4-8H2,(H,16,17)(H,18,19)/t9-,10+/m1/s1. The van der Waals surface area contributed by atoms with E-state index in [2.05, 4.69) is 5.32 Å². The van der Waals surface area contributed by atoms with E-state index in [9.17, 15) is 9.59 Å². The van der Waals surface area contributed by atoms with Gasteiger partial charge in [0.2, 0.25) is 0 Å². The largest absolute Gasteiger partial charge is 0.486 e. The van der Waals surface area contributed by atoms with Gasteiger partial charge in [-0.2, -0.15) is 0 Å². The quantitative estimate of drug-likeness (QED) is 0.880. The summed E-state index contributed by atoms with van der Waals surface area (Å²) in [6.07, 6.45) is 1.77. The second-order valence-corrected chi connectivity index (χ2v) is 5.35. The number of carboxylic acid groups (broad SMARTS) is 1. The number of nitrogens with one attached hydrogen (secondary N) is 1. The zero-order valence-corrected chi connectivity index (χ0v) is 11.5. The van der Waals surface area contributed by atoms with Crippen LogP contribution in [0.4, 0.5) is 0 Å². The second-order valence-electron chi connectivity index (χ2n) is 5.35. The molecule has 1 saturated carbocycles. The highest BCUT2D eigenvalue weighted by molar-refractivity contribution is 5.98. The Balaban J connectivity index is 1.70. The van der Waals surface area contributed by atoms with Gasteiger partial charge >= 0.3 is 5.97 Å². The van der Waals surface area contributed by atoms with Crippen molar-refractivity contribution in [1.82, 2.24) is 5.32 Å². The molecule has 21 heavy (non-hydrogen) atoms. The first-order valence-electron chi connectivity index (χ1n) is 7.07. The van der Waals surface area contributed by atoms with Crippen LogP contribution in [0.25, 0.3) is 0 Å². The minimum absolute atomic E-state index is 0.0982. The maximum atomic E-state index is 12.4. The summed E-state index contributed by atoms with van der Waals surface area (Å²) in [6, 6.07) is 5.10. The number of para-hydroxylation sites is 1. The average Bonchev–Trinajstić information content (AvgIpc) is 2.95. The summed E-state index contributed by atoms with van der Waals surface area (Å²) < 4.78 is 11.0. The lowest BCUT2D eigenvalue weighted by atomic mass is 10.1. The normalized spacial score (nSPS) is 23.6. The second kappa shape index (κ2) is 5.63. The van der Waals surface area contributed by atoms with Crippen LogP contribution in [-0.4, -0.2) is 36.2 Å². The van der Waals surface area contributed by atoms with E-state index in [4.69, 9.17) is 14.6 Å². The summed E-state index contributed by atoms with van der Waals surface area (Å²) in [7, 11) is 0. The van der Waals surface area contributed by atoms with Crippen molar-refractivity contribution < 1.29 is 24.2 Å². The van der Waals surface area contributed by atoms with E-state index < -0.39 is 5.97 Å². The number of ether oxygens (including phenoxy) is 2. The molecule has 0 radical (unpaired) electrons. The molecule has 0 aromatic heterocycles. The third-order valence-electron chi connectivity index (χ3n) is 3.93. The molecule has 6 nitrogen and oxygen atoms in total. The van der Waals surface area contributed by atoms with Crippen LogP contribution in [-0.2, 0) is 4.79 Å². The SMILES string of the molecule is O=C(N[C@H]1CC[C@@H](C(=O)O)C1)c1cccc2c1OCCO2. The summed E-state index contributed by atoms with van der Waals surface area (Å²) in [5, 5.41) is 11.9. The molecule has 0 saturated heterocycles. The van der Waals surface area contributed by atoms with Crippen molar-refractivity contribution in [1.29, 1.82) is 0 Å². The summed E-state index contributed by atoms with van der Waals surface area (Å²) in [6.45, 7) is 0.892. The Morgan fingerprint density at radius 3 is 2.76 bits per heavy atom. The molecular formula is C15H17NO5. The molecule has 1 aromatic carbocycles. The Bertz CT molecular complexity index is 571. The maximum Gasteiger partial charge on any atom is 0.306 e. The molecule has 0 unspecified atom stereocenters. The van der Waals surface area contributed by atoms with Gasteiger partial charge in [-0.3, -0.25) is 9.59 Å². The van der Waals surface area contributed by atoms with Gasteiger partial charge in [0.25, 0.3) is 5.91 Å². The van der Waals surface area contributed by atoms with Crippen molar-refractivity contribution in [3.63, 3.8) is 0 Å². The molecule has 112 valence electrons. The Hall–Kier alpha value is -2.24. The van der Waals surface area contributed by atoms with E-state index in [1.165, 1.54) is 0 Å². The highest BCUT2D eigenvalue weighted by Crippen LogP contribution is 2.34. The number of rotatable bonds is 3. The first kappa shape index (κ1) is 13.7. The van der Waals surface area contributed by atoms with Crippen LogP contribution in [0, 0.1) is 5.92 Å². The molecule has 1 aliphatic heterocycles. The Morgan fingerprint density at radius 1 is 1.19 bits per heavy atom. The van der Waals surface area contributed by atoms with Crippen molar-refractivity contribution in [2.75, 3.05) is 13.2 Å². The first-order chi connectivity index (χ1) is 10.1. The number of carbonyl (C=O) groups excluding carboxylic acids is 1. The molecule has 1 heterocycles. The number of hydrogen-bond acceptors (Lipinski definition) is 4. The van der Waals surface area contributed by atoms with Gasteiger partial charge in [0.1, 0.15) is 13.2 Å². The average molecular weight is 291 g/mol. The number of hydrogen-bond donors (Lipinski definition) is 2. The summed E-state index contributed by atoms with van der Waals surface area (Å²) in [4.78, 5) is 23.3. The molecule has 6 heteroatoms. The molecule has 2 aliphatic rings. The van der Waals surface area contributed by atoms with Gasteiger partial charge in [-0.15, -0.1) is 0 Å². The lowest BCUT2D eigenvalue weighted by Crippen LogP contribution is -2.34. The van der Waals surface area contributed by atoms with Crippen LogP contribution >= 0.6 is 0 Å². The van der Waals surface area contributed by atoms with E-state index in [1.807, 2.05) is 0 Å². The molecule has 0 spiro atoms. The van der Waals surface area contributed by atoms with Gasteiger partial charge in [0, 0.05) is 6.04 Å². The number of aliphatic carboxylic acids is 1. The fraction of sp³-hybridized carbons (Fsp3) is 0.467. The number of benzene rings is 1. The zero-order valence-electron chi connectivity index (χ0n) is 11.5. The molecule has 0 bridgehead atoms. The number of amides is 1. The van der Waals surface area contributed by atoms with Gasteiger partial charge < -0.3 is 19.9 Å². The molecular weight excluding hydrogens is 274 g/mol. The smallest absolute Gasteiger partial charge is 0.306 e. The van der Waals surface area contributed by atoms with Gasteiger partial charge in [0.15, 0.2) is 11.5 Å². The topological polar surface area (TPSA) is 84.9 Å². The summed E-state index contributed by atoms with van der Waals surface area (Å²) >= 11 is 0. The van der Waals surface area contributed by atoms with Crippen molar-refractivity contribution in [2.24, 2.45) is 5.92 Å². The van der Waals surface area contributed by atoms with Gasteiger partial charge in [-0.05, 0) is 31.4 Å². The molecule has 2 N–H and O–H groups in total. The third kappa shape index (κ3) is 2.79. The Morgan fingerprint density at radius 2 is 2.00 bits per heavy atom. The highest BCUT2D eigenvalue weighted by Gasteiger charge is 2.31. The number of carbonyl (C=O) groups is 2. The van der Waals surface area contributed by atoms with Gasteiger partial charge in [-0.25, -0.2) is 0 Å². The Kier molecular flexibility index (Phi) is 3.68. The lowest BCUT2D eigenvalue weighted by molar-refractivity contribution is -0.141. The molecule has 3 rings (SSSR count). The van der Waals surface area contributed by atoms with Crippen LogP contribution in [0.1, 0.15) is 29.6 Å². The van der Waals surface area contributed by atoms with Gasteiger partial charge in [0.05, 0.1) is 11.5 Å². The predicted molar refractivity (Wildman–Crippen MR) is 73.7 cm³/mol. The van der Waals surface area contributed by atoms with E-state index >= 15 is 0 Å². The van der Waals surface area contributed by atoms with E-state index in [0.717, 1.165) is 0 Å². The van der Waals surface area contributed by atoms with Gasteiger partial charge in [-0.1, -0.05) is 6.07 Å². The van der Waals surface area contributed by atoms with E-state index in [-0.39, 0.29) is 17.9 Å². The monoisotopic (exact) mass is 291 g/mol. The first-order valence-corrected chi connectivity index (χ1v) is 7.07. The lowest BCUT2D eigenvalue weighted by Gasteiger charge is -2.21. The fourth-order valence-corrected chi connectivity index (χ4v) is 2.85. The predicted octanol–water partition coefficient (Wildman–Crippen LogP) is 1.44. The van der Waals surface area contributed by atoms with Crippen molar-refractivity contribution in [3.8, 4) is 11.5 Å². The Labute approximate surface area is 122 Å². The van der Waals surface area contributed by atoms with E-state index in [1.54, 1.807) is 18.2 Å². The van der Waals surface area contributed by atoms with Crippen molar-refractivity contribution in [2.45, 2.75) is 25.3 Å². The molecule has 1 aliphatic carbocycles. The third-order valence-corrected chi connectivity index (χ3v) is 3.93.